The van der Waals surface area contributed by atoms with Gasteiger partial charge in [0.2, 0.25) is 0 Å². The molecule has 70 heavy (non-hydrogen) atoms. The van der Waals surface area contributed by atoms with Gasteiger partial charge in [0.25, 0.3) is 0 Å². The Morgan fingerprint density at radius 3 is 1.10 bits per heavy atom. The average molecular weight is 988 g/mol. The van der Waals surface area contributed by atoms with Gasteiger partial charge in [0.1, 0.15) is 0 Å². The summed E-state index contributed by atoms with van der Waals surface area (Å²) in [5.74, 6) is 0.621. The summed E-state index contributed by atoms with van der Waals surface area (Å²) in [6.07, 6.45) is 8.84. The number of likely N-dealkylation sites (tertiary alicyclic amines) is 2. The Bertz CT molecular complexity index is 2470. The lowest BCUT2D eigenvalue weighted by Crippen LogP contribution is -2.53. The molecule has 2 spiro atoms. The van der Waals surface area contributed by atoms with E-state index in [9.17, 15) is 9.59 Å². The summed E-state index contributed by atoms with van der Waals surface area (Å²) in [5, 5.41) is 0. The van der Waals surface area contributed by atoms with E-state index in [0.29, 0.717) is 24.9 Å². The maximum absolute atomic E-state index is 13.7. The minimum atomic E-state index is -0.176. The number of urea groups is 2. The molecule has 2 atom stereocenters. The Morgan fingerprint density at radius 2 is 0.786 bits per heavy atom. The Kier molecular flexibility index (Phi) is 15.9. The lowest BCUT2D eigenvalue weighted by Gasteiger charge is -2.44. The van der Waals surface area contributed by atoms with Crippen molar-refractivity contribution in [2.45, 2.75) is 158 Å². The monoisotopic (exact) mass is 987 g/mol. The number of fused-ring (bicyclic) bond motifs is 6. The molecule has 6 aliphatic rings. The predicted octanol–water partition coefficient (Wildman–Crippen LogP) is 13.3. The number of likely N-dealkylation sites (N-methyl/N-ethyl adjacent to an activating group) is 2. The maximum atomic E-state index is 13.7. The van der Waals surface area contributed by atoms with E-state index in [1.165, 1.54) is 89.3 Å². The summed E-state index contributed by atoms with van der Waals surface area (Å²) in [4.78, 5) is 41.2. The Labute approximate surface area is 433 Å². The van der Waals surface area contributed by atoms with Crippen LogP contribution in [0, 0.1) is 55.4 Å². The van der Waals surface area contributed by atoms with Crippen LogP contribution in [-0.4, -0.2) is 91.8 Å². The van der Waals surface area contributed by atoms with Crippen molar-refractivity contribution in [3.05, 3.63) is 162 Å². The van der Waals surface area contributed by atoms with E-state index in [1.807, 2.05) is 0 Å². The molecule has 6 aliphatic heterocycles. The first kappa shape index (κ1) is 53.2. The number of nitrogens with zero attached hydrogens (tertiary/aromatic N) is 6. The Hall–Kier alpha value is -4.60. The van der Waals surface area contributed by atoms with Crippen LogP contribution in [-0.2, 0) is 26.2 Å². The van der Waals surface area contributed by atoms with Crippen molar-refractivity contribution in [3.8, 4) is 0 Å². The highest BCUT2D eigenvalue weighted by atomic mass is 35.5. The summed E-state index contributed by atoms with van der Waals surface area (Å²) < 4.78 is 0. The molecule has 6 heterocycles. The lowest BCUT2D eigenvalue weighted by molar-refractivity contribution is 0.0886. The van der Waals surface area contributed by atoms with Gasteiger partial charge in [0.05, 0.1) is 24.2 Å². The summed E-state index contributed by atoms with van der Waals surface area (Å²) in [5.41, 5.74) is 21.0. The fraction of sp³-hybridized carbons (Fsp3) is 0.500. The fourth-order valence-corrected chi connectivity index (χ4v) is 14.0. The van der Waals surface area contributed by atoms with Gasteiger partial charge in [-0.1, -0.05) is 120 Å². The van der Waals surface area contributed by atoms with Crippen LogP contribution in [0.3, 0.4) is 0 Å². The summed E-state index contributed by atoms with van der Waals surface area (Å²) in [6.45, 7) is 35.3. The highest BCUT2D eigenvalue weighted by Crippen LogP contribution is 2.50. The number of rotatable bonds is 6. The van der Waals surface area contributed by atoms with Gasteiger partial charge in [0.15, 0.2) is 0 Å². The fourth-order valence-electron chi connectivity index (χ4n) is 14.0. The maximum Gasteiger partial charge on any atom is 0.325 e. The van der Waals surface area contributed by atoms with Crippen molar-refractivity contribution in [2.24, 2.45) is 0 Å². The minimum Gasteiger partial charge on any atom is -0.313 e. The number of halogens is 2. The van der Waals surface area contributed by atoms with E-state index in [4.69, 9.17) is 0 Å². The Balaban J connectivity index is 0.000000201. The van der Waals surface area contributed by atoms with E-state index in [-0.39, 0.29) is 48.0 Å². The van der Waals surface area contributed by atoms with Crippen molar-refractivity contribution >= 4 is 36.9 Å². The molecule has 4 saturated heterocycles. The van der Waals surface area contributed by atoms with E-state index in [2.05, 4.69) is 185 Å². The Morgan fingerprint density at radius 1 is 0.471 bits per heavy atom. The highest BCUT2D eigenvalue weighted by molar-refractivity contribution is 5.86. The molecule has 4 fully saturated rings. The van der Waals surface area contributed by atoms with Gasteiger partial charge in [-0.15, -0.1) is 24.8 Å². The third-order valence-electron chi connectivity index (χ3n) is 16.5. The molecular formula is C60H80Cl2N6O2. The van der Waals surface area contributed by atoms with E-state index in [1.54, 1.807) is 0 Å². The first-order chi connectivity index (χ1) is 32.4. The van der Waals surface area contributed by atoms with Gasteiger partial charge >= 0.3 is 12.1 Å². The van der Waals surface area contributed by atoms with Crippen LogP contribution in [0.4, 0.5) is 9.59 Å². The highest BCUT2D eigenvalue weighted by Gasteiger charge is 2.56. The van der Waals surface area contributed by atoms with Crippen LogP contribution in [0.2, 0.25) is 0 Å². The molecule has 0 saturated carbocycles. The first-order valence-electron chi connectivity index (χ1n) is 25.9. The van der Waals surface area contributed by atoms with Crippen LogP contribution < -0.4 is 0 Å². The number of carbonyl (C=O) groups excluding carboxylic acids is 2. The van der Waals surface area contributed by atoms with Crippen LogP contribution >= 0.6 is 24.8 Å². The van der Waals surface area contributed by atoms with Gasteiger partial charge in [-0.05, 0) is 139 Å². The van der Waals surface area contributed by atoms with Gasteiger partial charge in [-0.3, -0.25) is 19.6 Å². The number of piperidine rings is 2. The molecule has 0 radical (unpaired) electrons. The number of hydrogen-bond acceptors (Lipinski definition) is 4. The van der Waals surface area contributed by atoms with Crippen LogP contribution in [0.1, 0.15) is 143 Å². The zero-order valence-electron chi connectivity index (χ0n) is 44.3. The van der Waals surface area contributed by atoms with Gasteiger partial charge < -0.3 is 9.80 Å². The SMILES string of the molecule is CCN1C(=O)N2Cc3cc(C)cc(C)c3[C@@H](C)C=C2C12CCN(Cc1cc(C)cc(C)c1)CC2.CCN1C(=O)N2Cc3cc(C)cc(C)c3[C@@H](C)C=C2C12CCN(Cc1cc(C)cc(C)c1)CC2.Cl.Cl. The van der Waals surface area contributed by atoms with Gasteiger partial charge in [0, 0.05) is 75.6 Å². The first-order valence-corrected chi connectivity index (χ1v) is 25.9. The van der Waals surface area contributed by atoms with E-state index >= 15 is 0 Å². The van der Waals surface area contributed by atoms with Gasteiger partial charge in [-0.25, -0.2) is 9.59 Å². The molecule has 4 amide bonds. The van der Waals surface area contributed by atoms with Crippen molar-refractivity contribution in [3.63, 3.8) is 0 Å². The third kappa shape index (κ3) is 9.72. The molecular weight excluding hydrogens is 908 g/mol. The molecule has 10 rings (SSSR count). The molecule has 0 unspecified atom stereocenters. The topological polar surface area (TPSA) is 53.6 Å². The van der Waals surface area contributed by atoms with E-state index in [0.717, 1.165) is 78.0 Å². The number of benzene rings is 4. The molecule has 0 bridgehead atoms. The second-order valence-corrected chi connectivity index (χ2v) is 21.8. The number of carbonyl (C=O) groups is 2. The molecule has 8 nitrogen and oxygen atoms in total. The molecule has 0 aromatic heterocycles. The standard InChI is InChI=1S/2C30H39N3O.2ClH/c2*1-7-33-29(34)32-19-26-16-22(4)13-23(5)28(26)24(6)17-27(32)30(33)8-10-31(11-9-30)18-25-14-20(2)12-21(3)15-25;;/h2*12-17,24H,7-11,18-19H2,1-6H3;2*1H/t2*24-;;/m00../s1. The van der Waals surface area contributed by atoms with Crippen molar-refractivity contribution in [1.29, 1.82) is 0 Å². The number of allylic oxidation sites excluding steroid dienone is 2. The van der Waals surface area contributed by atoms with Crippen molar-refractivity contribution < 1.29 is 9.59 Å². The zero-order valence-corrected chi connectivity index (χ0v) is 45.9. The molecule has 0 aliphatic carbocycles. The largest absolute Gasteiger partial charge is 0.325 e. The van der Waals surface area contributed by atoms with Crippen LogP contribution in [0.25, 0.3) is 0 Å². The molecule has 4 aromatic rings. The van der Waals surface area contributed by atoms with Crippen molar-refractivity contribution in [2.75, 3.05) is 39.3 Å². The minimum absolute atomic E-state index is 0. The lowest BCUT2D eigenvalue weighted by atomic mass is 9.81. The molecule has 376 valence electrons. The number of amides is 4. The molecule has 4 aromatic carbocycles. The van der Waals surface area contributed by atoms with E-state index < -0.39 is 0 Å². The summed E-state index contributed by atoms with van der Waals surface area (Å²) >= 11 is 0. The number of hydrogen-bond donors (Lipinski definition) is 0. The third-order valence-corrected chi connectivity index (χ3v) is 16.5. The summed E-state index contributed by atoms with van der Waals surface area (Å²) in [7, 11) is 0. The second kappa shape index (κ2) is 20.9. The molecule has 0 N–H and O–H groups in total. The van der Waals surface area contributed by atoms with Crippen LogP contribution in [0.5, 0.6) is 0 Å². The number of aryl methyl sites for hydroxylation is 8. The summed E-state index contributed by atoms with van der Waals surface area (Å²) in [6, 6.07) is 23.3. The van der Waals surface area contributed by atoms with Crippen molar-refractivity contribution in [1.82, 2.24) is 29.4 Å². The zero-order chi connectivity index (χ0) is 48.4. The van der Waals surface area contributed by atoms with Crippen LogP contribution in [0.15, 0.2) is 84.2 Å². The quantitative estimate of drug-likeness (QED) is 0.193. The average Bonchev–Trinajstić information content (AvgIpc) is 3.41. The smallest absolute Gasteiger partial charge is 0.313 e. The predicted molar refractivity (Wildman–Crippen MR) is 292 cm³/mol. The molecule has 10 heteroatoms. The van der Waals surface area contributed by atoms with Gasteiger partial charge in [-0.2, -0.15) is 0 Å². The second-order valence-electron chi connectivity index (χ2n) is 21.8. The normalized spacial score (nSPS) is 21.4.